The predicted molar refractivity (Wildman–Crippen MR) is 108 cm³/mol. The van der Waals surface area contributed by atoms with E-state index in [1.165, 1.54) is 17.4 Å². The van der Waals surface area contributed by atoms with Crippen LogP contribution in [0.5, 0.6) is 0 Å². The molecular formula is C18H13N5OS2. The van der Waals surface area contributed by atoms with E-state index in [9.17, 15) is 4.79 Å². The van der Waals surface area contributed by atoms with Crippen LogP contribution >= 0.6 is 22.7 Å². The SMILES string of the molecule is NC(=Nc1ccc2ncsc2c1)NC(=O)/C=C/c1ccc2ncsc2c1. The lowest BCUT2D eigenvalue weighted by molar-refractivity contribution is -0.115. The van der Waals surface area contributed by atoms with Gasteiger partial charge in [-0.1, -0.05) is 6.07 Å². The highest BCUT2D eigenvalue weighted by Crippen LogP contribution is 2.23. The van der Waals surface area contributed by atoms with E-state index in [-0.39, 0.29) is 11.9 Å². The number of rotatable bonds is 3. The number of carbonyl (C=O) groups is 1. The Hall–Kier alpha value is -3.10. The minimum absolute atomic E-state index is 0.0430. The Bertz CT molecular complexity index is 1160. The van der Waals surface area contributed by atoms with E-state index in [1.54, 1.807) is 34.5 Å². The third-order valence-corrected chi connectivity index (χ3v) is 5.18. The van der Waals surface area contributed by atoms with Gasteiger partial charge in [-0.3, -0.25) is 10.1 Å². The van der Waals surface area contributed by atoms with Gasteiger partial charge in [0.15, 0.2) is 0 Å². The maximum atomic E-state index is 12.0. The molecule has 0 bridgehead atoms. The fourth-order valence-corrected chi connectivity index (χ4v) is 3.83. The highest BCUT2D eigenvalue weighted by Gasteiger charge is 2.02. The van der Waals surface area contributed by atoms with Crippen molar-refractivity contribution in [1.82, 2.24) is 15.3 Å². The molecule has 0 unspecified atom stereocenters. The molecule has 8 heteroatoms. The molecule has 0 aliphatic carbocycles. The molecule has 0 aliphatic rings. The van der Waals surface area contributed by atoms with Crippen molar-refractivity contribution in [2.24, 2.45) is 10.7 Å². The van der Waals surface area contributed by atoms with Crippen LogP contribution in [0, 0.1) is 0 Å². The van der Waals surface area contributed by atoms with Gasteiger partial charge in [0.2, 0.25) is 5.96 Å². The van der Waals surface area contributed by atoms with E-state index in [4.69, 9.17) is 5.73 Å². The van der Waals surface area contributed by atoms with Gasteiger partial charge in [0.1, 0.15) is 0 Å². The first-order valence-corrected chi connectivity index (χ1v) is 9.43. The van der Waals surface area contributed by atoms with Gasteiger partial charge >= 0.3 is 0 Å². The first-order chi connectivity index (χ1) is 12.7. The minimum Gasteiger partial charge on any atom is -0.369 e. The zero-order valence-electron chi connectivity index (χ0n) is 13.4. The summed E-state index contributed by atoms with van der Waals surface area (Å²) in [5, 5.41) is 2.55. The number of nitrogens with one attached hydrogen (secondary N) is 1. The van der Waals surface area contributed by atoms with Gasteiger partial charge < -0.3 is 5.73 Å². The number of nitrogens with two attached hydrogens (primary N) is 1. The second kappa shape index (κ2) is 7.03. The van der Waals surface area contributed by atoms with Gasteiger partial charge in [0.05, 0.1) is 37.1 Å². The molecule has 6 nitrogen and oxygen atoms in total. The summed E-state index contributed by atoms with van der Waals surface area (Å²) >= 11 is 3.09. The second-order valence-electron chi connectivity index (χ2n) is 5.40. The van der Waals surface area contributed by atoms with Crippen LogP contribution in [0.15, 0.2) is 58.5 Å². The zero-order valence-corrected chi connectivity index (χ0v) is 15.1. The Balaban J connectivity index is 1.44. The topological polar surface area (TPSA) is 93.3 Å². The van der Waals surface area contributed by atoms with Crippen molar-refractivity contribution in [3.8, 4) is 0 Å². The largest absolute Gasteiger partial charge is 0.369 e. The summed E-state index contributed by atoms with van der Waals surface area (Å²) in [6.45, 7) is 0. The summed E-state index contributed by atoms with van der Waals surface area (Å²) in [5.74, 6) is -0.295. The highest BCUT2D eigenvalue weighted by atomic mass is 32.1. The van der Waals surface area contributed by atoms with E-state index in [0.717, 1.165) is 26.0 Å². The van der Waals surface area contributed by atoms with Crippen molar-refractivity contribution < 1.29 is 4.79 Å². The molecule has 2 heterocycles. The van der Waals surface area contributed by atoms with Crippen LogP contribution in [0.3, 0.4) is 0 Å². The van der Waals surface area contributed by atoms with E-state index in [2.05, 4.69) is 20.3 Å². The second-order valence-corrected chi connectivity index (χ2v) is 7.18. The van der Waals surface area contributed by atoms with Gasteiger partial charge in [-0.05, 0) is 42.0 Å². The Labute approximate surface area is 156 Å². The van der Waals surface area contributed by atoms with Crippen molar-refractivity contribution in [3.05, 3.63) is 59.1 Å². The lowest BCUT2D eigenvalue weighted by atomic mass is 10.2. The molecule has 26 heavy (non-hydrogen) atoms. The number of nitrogens with zero attached hydrogens (tertiary/aromatic N) is 3. The van der Waals surface area contributed by atoms with E-state index in [0.29, 0.717) is 5.69 Å². The van der Waals surface area contributed by atoms with E-state index in [1.807, 2.05) is 30.3 Å². The summed E-state index contributed by atoms with van der Waals surface area (Å²) in [6, 6.07) is 11.4. The molecule has 2 aromatic carbocycles. The van der Waals surface area contributed by atoms with Crippen LogP contribution in [-0.4, -0.2) is 21.8 Å². The van der Waals surface area contributed by atoms with Crippen molar-refractivity contribution in [2.45, 2.75) is 0 Å². The van der Waals surface area contributed by atoms with E-state index < -0.39 is 0 Å². The summed E-state index contributed by atoms with van der Waals surface area (Å²) in [6.07, 6.45) is 3.15. The molecule has 0 saturated heterocycles. The summed E-state index contributed by atoms with van der Waals surface area (Å²) in [7, 11) is 0. The number of fused-ring (bicyclic) bond motifs is 2. The average Bonchev–Trinajstić information content (AvgIpc) is 3.27. The van der Waals surface area contributed by atoms with Crippen molar-refractivity contribution >= 4 is 66.7 Å². The molecule has 1 amide bonds. The molecule has 0 atom stereocenters. The quantitative estimate of drug-likeness (QED) is 0.323. The fourth-order valence-electron chi connectivity index (χ4n) is 2.40. The molecular weight excluding hydrogens is 366 g/mol. The predicted octanol–water partition coefficient (Wildman–Crippen LogP) is 3.68. The Morgan fingerprint density at radius 2 is 1.73 bits per heavy atom. The molecule has 4 rings (SSSR count). The summed E-state index contributed by atoms with van der Waals surface area (Å²) in [4.78, 5) is 24.7. The molecule has 0 saturated carbocycles. The molecule has 128 valence electrons. The van der Waals surface area contributed by atoms with Crippen LogP contribution in [0.1, 0.15) is 5.56 Å². The first kappa shape index (κ1) is 16.4. The lowest BCUT2D eigenvalue weighted by Gasteiger charge is -2.01. The maximum Gasteiger partial charge on any atom is 0.250 e. The monoisotopic (exact) mass is 379 g/mol. The van der Waals surface area contributed by atoms with Crippen molar-refractivity contribution in [1.29, 1.82) is 0 Å². The summed E-state index contributed by atoms with van der Waals surface area (Å²) in [5.41, 5.74) is 12.8. The number of guanidine groups is 1. The van der Waals surface area contributed by atoms with Gasteiger partial charge in [-0.25, -0.2) is 15.0 Å². The number of thiazole rings is 2. The number of hydrogen-bond donors (Lipinski definition) is 2. The highest BCUT2D eigenvalue weighted by molar-refractivity contribution is 7.17. The normalized spacial score (nSPS) is 12.2. The Morgan fingerprint density at radius 3 is 2.50 bits per heavy atom. The lowest BCUT2D eigenvalue weighted by Crippen LogP contribution is -2.35. The average molecular weight is 379 g/mol. The smallest absolute Gasteiger partial charge is 0.250 e. The molecule has 0 spiro atoms. The fraction of sp³-hybridized carbons (Fsp3) is 0. The number of amides is 1. The molecule has 4 aromatic rings. The Morgan fingerprint density at radius 1 is 1.04 bits per heavy atom. The van der Waals surface area contributed by atoms with Crippen LogP contribution < -0.4 is 11.1 Å². The summed E-state index contributed by atoms with van der Waals surface area (Å²) < 4.78 is 2.09. The van der Waals surface area contributed by atoms with Gasteiger partial charge in [0, 0.05) is 6.08 Å². The maximum absolute atomic E-state index is 12.0. The number of hydrogen-bond acceptors (Lipinski definition) is 6. The van der Waals surface area contributed by atoms with Crippen molar-refractivity contribution in [2.75, 3.05) is 0 Å². The molecule has 0 fully saturated rings. The first-order valence-electron chi connectivity index (χ1n) is 7.67. The number of carbonyl (C=O) groups excluding carboxylic acids is 1. The van der Waals surface area contributed by atoms with Crippen LogP contribution in [-0.2, 0) is 4.79 Å². The zero-order chi connectivity index (χ0) is 17.9. The molecule has 3 N–H and O–H groups in total. The third kappa shape index (κ3) is 3.61. The molecule has 2 aromatic heterocycles. The van der Waals surface area contributed by atoms with Gasteiger partial charge in [-0.2, -0.15) is 0 Å². The Kier molecular flexibility index (Phi) is 4.42. The minimum atomic E-state index is -0.338. The number of benzene rings is 2. The molecule has 0 aliphatic heterocycles. The van der Waals surface area contributed by atoms with Gasteiger partial charge in [0.25, 0.3) is 5.91 Å². The van der Waals surface area contributed by atoms with Crippen LogP contribution in [0.2, 0.25) is 0 Å². The van der Waals surface area contributed by atoms with Crippen molar-refractivity contribution in [3.63, 3.8) is 0 Å². The van der Waals surface area contributed by atoms with Gasteiger partial charge in [-0.15, -0.1) is 22.7 Å². The molecule has 0 radical (unpaired) electrons. The number of aromatic nitrogens is 2. The third-order valence-electron chi connectivity index (χ3n) is 3.60. The standard InChI is InChI=1S/C18H13N5OS2/c19-18(22-12-3-5-14-16(8-12)26-10-21-14)23-17(24)6-2-11-1-4-13-15(7-11)25-9-20-13/h1-10H,(H3,19,22,23,24)/b6-2+. The van der Waals surface area contributed by atoms with Crippen LogP contribution in [0.4, 0.5) is 5.69 Å². The van der Waals surface area contributed by atoms with Crippen LogP contribution in [0.25, 0.3) is 26.5 Å². The van der Waals surface area contributed by atoms with E-state index >= 15 is 0 Å². The number of aliphatic imine (C=N–C) groups is 1.